The van der Waals surface area contributed by atoms with Crippen LogP contribution in [0.15, 0.2) is 18.2 Å². The monoisotopic (exact) mass is 582 g/mol. The van der Waals surface area contributed by atoms with Crippen LogP contribution in [0.3, 0.4) is 0 Å². The lowest BCUT2D eigenvalue weighted by Crippen LogP contribution is -2.54. The molecule has 1 aromatic carbocycles. The fourth-order valence-corrected chi connectivity index (χ4v) is 7.73. The molecule has 1 aromatic rings. The maximum atomic E-state index is 13.7. The summed E-state index contributed by atoms with van der Waals surface area (Å²) in [4.78, 5) is 43.3. The number of nitrogens with one attached hydrogen (secondary N) is 2. The quantitative estimate of drug-likeness (QED) is 0.490. The van der Waals surface area contributed by atoms with Crippen LogP contribution in [-0.4, -0.2) is 102 Å². The van der Waals surface area contributed by atoms with Crippen molar-refractivity contribution in [2.24, 2.45) is 0 Å². The van der Waals surface area contributed by atoms with Crippen molar-refractivity contribution in [2.75, 3.05) is 32.8 Å². The summed E-state index contributed by atoms with van der Waals surface area (Å²) >= 11 is 0. The number of fused-ring (bicyclic) bond motifs is 5. The van der Waals surface area contributed by atoms with E-state index >= 15 is 0 Å². The molecular weight excluding hydrogens is 536 g/mol. The standard InChI is InChI=1S/C32H46N4O6/c1-20(37)35-13-10-24(11-14-35)36-19-23-17-27(36)32(40)33-18-30-28(38)9-7-25(42-30)12-15-41-29-16-22(21-4-2-3-5-21)6-8-26(29)31(39)34-23/h6,8,16,21,23-25,27-28,30,38H,2-5,7,9-15,17-19H2,1H3,(H,33,40)(H,34,39)/t23-,25-,27-,28-,30+/m0/s1. The van der Waals surface area contributed by atoms with E-state index in [0.29, 0.717) is 62.7 Å². The Morgan fingerprint density at radius 2 is 1.81 bits per heavy atom. The summed E-state index contributed by atoms with van der Waals surface area (Å²) < 4.78 is 12.5. The van der Waals surface area contributed by atoms with Gasteiger partial charge in [-0.25, -0.2) is 0 Å². The number of ether oxygens (including phenoxy) is 2. The first-order valence-electron chi connectivity index (χ1n) is 16.1. The number of likely N-dealkylation sites (tertiary alicyclic amines) is 2. The highest BCUT2D eigenvalue weighted by Crippen LogP contribution is 2.37. The minimum atomic E-state index is -0.626. The van der Waals surface area contributed by atoms with Gasteiger partial charge in [0.1, 0.15) is 11.9 Å². The average molecular weight is 583 g/mol. The zero-order chi connectivity index (χ0) is 29.2. The normalized spacial score (nSPS) is 32.1. The fourth-order valence-electron chi connectivity index (χ4n) is 7.73. The number of piperidine rings is 1. The van der Waals surface area contributed by atoms with E-state index in [1.54, 1.807) is 6.92 Å². The van der Waals surface area contributed by atoms with Crippen LogP contribution < -0.4 is 15.4 Å². The summed E-state index contributed by atoms with van der Waals surface area (Å²) in [5, 5.41) is 16.9. The van der Waals surface area contributed by atoms with Crippen LogP contribution in [0.4, 0.5) is 0 Å². The summed E-state index contributed by atoms with van der Waals surface area (Å²) in [6.07, 6.45) is 7.67. The van der Waals surface area contributed by atoms with Gasteiger partial charge in [-0.05, 0) is 68.6 Å². The van der Waals surface area contributed by atoms with E-state index in [4.69, 9.17) is 9.47 Å². The Hall–Kier alpha value is -2.69. The zero-order valence-corrected chi connectivity index (χ0v) is 24.8. The topological polar surface area (TPSA) is 120 Å². The number of amides is 3. The van der Waals surface area contributed by atoms with Crippen molar-refractivity contribution in [1.29, 1.82) is 0 Å². The molecule has 6 rings (SSSR count). The molecule has 4 bridgehead atoms. The third-order valence-electron chi connectivity index (χ3n) is 10.2. The number of hydrogen-bond donors (Lipinski definition) is 3. The van der Waals surface area contributed by atoms with Crippen LogP contribution in [0.1, 0.15) is 93.0 Å². The minimum absolute atomic E-state index is 0.0768. The third kappa shape index (κ3) is 6.45. The SMILES string of the molecule is CC(=O)N1CCC(N2C[C@@H]3C[C@H]2C(=O)NC[C@H]2O[C@H](CCOc4cc(C5CCCC5)ccc4C(=O)N3)CC[C@@H]2O)CC1. The van der Waals surface area contributed by atoms with Crippen molar-refractivity contribution in [3.8, 4) is 5.75 Å². The number of rotatable bonds is 2. The Labute approximate surface area is 248 Å². The maximum absolute atomic E-state index is 13.7. The summed E-state index contributed by atoms with van der Waals surface area (Å²) in [5.74, 6) is 0.911. The van der Waals surface area contributed by atoms with E-state index in [2.05, 4.69) is 27.7 Å². The highest BCUT2D eigenvalue weighted by atomic mass is 16.5. The highest BCUT2D eigenvalue weighted by molar-refractivity contribution is 5.97. The number of aliphatic hydroxyl groups excluding tert-OH is 1. The lowest BCUT2D eigenvalue weighted by Gasteiger charge is -2.39. The largest absolute Gasteiger partial charge is 0.493 e. The van der Waals surface area contributed by atoms with Crippen LogP contribution >= 0.6 is 0 Å². The predicted octanol–water partition coefficient (Wildman–Crippen LogP) is 2.34. The summed E-state index contributed by atoms with van der Waals surface area (Å²) in [5.41, 5.74) is 1.75. The first-order valence-corrected chi connectivity index (χ1v) is 16.1. The molecule has 4 heterocycles. The minimum Gasteiger partial charge on any atom is -0.493 e. The number of carbonyl (C=O) groups is 3. The Balaban J connectivity index is 1.25. The Kier molecular flexibility index (Phi) is 9.02. The van der Waals surface area contributed by atoms with Crippen LogP contribution in [0, 0.1) is 0 Å². The second kappa shape index (κ2) is 12.9. The molecule has 0 unspecified atom stereocenters. The molecule has 4 aliphatic heterocycles. The molecule has 5 aliphatic rings. The fraction of sp³-hybridized carbons (Fsp3) is 0.719. The van der Waals surface area contributed by atoms with Crippen LogP contribution in [0.25, 0.3) is 0 Å². The molecule has 0 radical (unpaired) electrons. The summed E-state index contributed by atoms with van der Waals surface area (Å²) in [7, 11) is 0. The molecule has 3 N–H and O–H groups in total. The van der Waals surface area contributed by atoms with E-state index in [-0.39, 0.29) is 42.5 Å². The van der Waals surface area contributed by atoms with Crippen molar-refractivity contribution < 1.29 is 29.0 Å². The van der Waals surface area contributed by atoms with Gasteiger partial charge in [0.2, 0.25) is 11.8 Å². The molecule has 4 fully saturated rings. The van der Waals surface area contributed by atoms with Crippen molar-refractivity contribution in [3.05, 3.63) is 29.3 Å². The molecule has 1 aliphatic carbocycles. The van der Waals surface area contributed by atoms with E-state index in [0.717, 1.165) is 32.1 Å². The average Bonchev–Trinajstić information content (AvgIpc) is 3.68. The second-order valence-electron chi connectivity index (χ2n) is 12.9. The van der Waals surface area contributed by atoms with Crippen molar-refractivity contribution >= 4 is 17.7 Å². The Morgan fingerprint density at radius 3 is 2.57 bits per heavy atom. The molecule has 0 spiro atoms. The number of benzene rings is 1. The lowest BCUT2D eigenvalue weighted by molar-refractivity contribution is -0.135. The van der Waals surface area contributed by atoms with E-state index < -0.39 is 18.2 Å². The first-order chi connectivity index (χ1) is 20.4. The van der Waals surface area contributed by atoms with Crippen molar-refractivity contribution in [3.63, 3.8) is 0 Å². The van der Waals surface area contributed by atoms with Crippen LogP contribution in [0.5, 0.6) is 5.75 Å². The van der Waals surface area contributed by atoms with E-state index in [9.17, 15) is 19.5 Å². The molecule has 42 heavy (non-hydrogen) atoms. The van der Waals surface area contributed by atoms with Crippen molar-refractivity contribution in [2.45, 2.75) is 113 Å². The van der Waals surface area contributed by atoms with Gasteiger partial charge in [-0.15, -0.1) is 0 Å². The molecule has 5 atom stereocenters. The third-order valence-corrected chi connectivity index (χ3v) is 10.2. The van der Waals surface area contributed by atoms with E-state index in [1.165, 1.54) is 18.4 Å². The molecule has 10 nitrogen and oxygen atoms in total. The predicted molar refractivity (Wildman–Crippen MR) is 156 cm³/mol. The van der Waals surface area contributed by atoms with Gasteiger partial charge in [-0.2, -0.15) is 0 Å². The van der Waals surface area contributed by atoms with Crippen molar-refractivity contribution in [1.82, 2.24) is 20.4 Å². The van der Waals surface area contributed by atoms with Gasteiger partial charge >= 0.3 is 0 Å². The van der Waals surface area contributed by atoms with Gasteiger partial charge in [0.05, 0.1) is 30.4 Å². The van der Waals surface area contributed by atoms with Gasteiger partial charge in [0.25, 0.3) is 5.91 Å². The molecule has 1 saturated carbocycles. The second-order valence-corrected chi connectivity index (χ2v) is 12.9. The van der Waals surface area contributed by atoms with Gasteiger partial charge < -0.3 is 30.1 Å². The Bertz CT molecular complexity index is 1150. The lowest BCUT2D eigenvalue weighted by atomic mass is 9.95. The maximum Gasteiger partial charge on any atom is 0.255 e. The number of hydrogen-bond acceptors (Lipinski definition) is 7. The molecule has 10 heteroatoms. The molecular formula is C32H46N4O6. The van der Waals surface area contributed by atoms with Gasteiger partial charge in [0, 0.05) is 51.6 Å². The smallest absolute Gasteiger partial charge is 0.255 e. The first kappa shape index (κ1) is 29.4. The number of carbonyl (C=O) groups excluding carboxylic acids is 3. The van der Waals surface area contributed by atoms with Crippen LogP contribution in [-0.2, 0) is 14.3 Å². The highest BCUT2D eigenvalue weighted by Gasteiger charge is 2.43. The molecule has 3 saturated heterocycles. The van der Waals surface area contributed by atoms with Crippen LogP contribution in [0.2, 0.25) is 0 Å². The van der Waals surface area contributed by atoms with Gasteiger partial charge in [0.15, 0.2) is 0 Å². The summed E-state index contributed by atoms with van der Waals surface area (Å²) in [6, 6.07) is 5.57. The summed E-state index contributed by atoms with van der Waals surface area (Å²) in [6.45, 7) is 4.15. The van der Waals surface area contributed by atoms with Gasteiger partial charge in [-0.3, -0.25) is 19.3 Å². The molecule has 3 amide bonds. The van der Waals surface area contributed by atoms with Gasteiger partial charge in [-0.1, -0.05) is 18.9 Å². The number of nitrogens with zero attached hydrogens (tertiary/aromatic N) is 2. The number of aliphatic hydroxyl groups is 1. The molecule has 230 valence electrons. The Morgan fingerprint density at radius 1 is 1.02 bits per heavy atom. The van der Waals surface area contributed by atoms with E-state index in [1.807, 2.05) is 11.0 Å². The molecule has 0 aromatic heterocycles. The zero-order valence-electron chi connectivity index (χ0n) is 24.8.